The van der Waals surface area contributed by atoms with E-state index >= 15 is 0 Å². The molecule has 0 saturated heterocycles. The van der Waals surface area contributed by atoms with Crippen LogP contribution < -0.4 is 16.0 Å². The predicted molar refractivity (Wildman–Crippen MR) is 86.5 cm³/mol. The van der Waals surface area contributed by atoms with Gasteiger partial charge in [-0.1, -0.05) is 12.1 Å². The molecular formula is C17H20FN3O3. The normalized spacial score (nSPS) is 13.0. The lowest BCUT2D eigenvalue weighted by molar-refractivity contribution is -0.122. The fraction of sp³-hybridized carbons (Fsp3) is 0.294. The van der Waals surface area contributed by atoms with Gasteiger partial charge in [-0.05, 0) is 43.7 Å². The highest BCUT2D eigenvalue weighted by Crippen LogP contribution is 2.12. The van der Waals surface area contributed by atoms with Crippen molar-refractivity contribution in [3.05, 3.63) is 59.8 Å². The molecule has 2 atom stereocenters. The lowest BCUT2D eigenvalue weighted by atomic mass is 10.1. The zero-order valence-electron chi connectivity index (χ0n) is 13.5. The minimum absolute atomic E-state index is 0.255. The van der Waals surface area contributed by atoms with Crippen LogP contribution in [0.4, 0.5) is 9.18 Å². The fourth-order valence-corrected chi connectivity index (χ4v) is 2.08. The number of furan rings is 1. The molecule has 24 heavy (non-hydrogen) atoms. The van der Waals surface area contributed by atoms with E-state index in [1.807, 2.05) is 0 Å². The van der Waals surface area contributed by atoms with Crippen molar-refractivity contribution in [3.63, 3.8) is 0 Å². The van der Waals surface area contributed by atoms with Gasteiger partial charge in [0.25, 0.3) is 0 Å². The Morgan fingerprint density at radius 1 is 1.12 bits per heavy atom. The largest absolute Gasteiger partial charge is 0.467 e. The lowest BCUT2D eigenvalue weighted by Crippen LogP contribution is -2.48. The van der Waals surface area contributed by atoms with Gasteiger partial charge in [0.15, 0.2) is 0 Å². The molecule has 0 aliphatic heterocycles. The van der Waals surface area contributed by atoms with Gasteiger partial charge in [-0.25, -0.2) is 9.18 Å². The van der Waals surface area contributed by atoms with Gasteiger partial charge in [-0.3, -0.25) is 4.79 Å². The molecule has 7 heteroatoms. The van der Waals surface area contributed by atoms with Crippen LogP contribution in [0.3, 0.4) is 0 Å². The summed E-state index contributed by atoms with van der Waals surface area (Å²) >= 11 is 0. The average Bonchev–Trinajstić information content (AvgIpc) is 3.06. The Hall–Kier alpha value is -2.83. The lowest BCUT2D eigenvalue weighted by Gasteiger charge is -2.18. The maximum absolute atomic E-state index is 12.9. The number of halogens is 1. The molecule has 6 nitrogen and oxygen atoms in total. The number of carbonyl (C=O) groups excluding carboxylic acids is 2. The van der Waals surface area contributed by atoms with E-state index in [0.29, 0.717) is 5.76 Å². The first kappa shape index (κ1) is 17.5. The minimum Gasteiger partial charge on any atom is -0.467 e. The number of rotatable bonds is 6. The van der Waals surface area contributed by atoms with E-state index < -0.39 is 12.1 Å². The van der Waals surface area contributed by atoms with Gasteiger partial charge in [-0.2, -0.15) is 0 Å². The van der Waals surface area contributed by atoms with Gasteiger partial charge in [0, 0.05) is 0 Å². The van der Waals surface area contributed by atoms with Crippen molar-refractivity contribution in [1.29, 1.82) is 0 Å². The van der Waals surface area contributed by atoms with E-state index in [-0.39, 0.29) is 24.3 Å². The summed E-state index contributed by atoms with van der Waals surface area (Å²) in [4.78, 5) is 23.9. The highest BCUT2D eigenvalue weighted by molar-refractivity contribution is 5.86. The molecule has 1 aromatic heterocycles. The molecule has 1 heterocycles. The standard InChI is InChI=1S/C17H20FN3O3/c1-11(13-5-7-14(18)8-6-13)20-17(23)21-12(2)16(22)19-10-15-4-3-9-24-15/h3-9,11-12H,10H2,1-2H3,(H,19,22)(H2,20,21,23)/t11-,12-/m0/s1. The van der Waals surface area contributed by atoms with E-state index in [1.165, 1.54) is 18.4 Å². The third-order valence-electron chi connectivity index (χ3n) is 3.48. The highest BCUT2D eigenvalue weighted by Gasteiger charge is 2.17. The molecule has 3 amide bonds. The Morgan fingerprint density at radius 2 is 1.83 bits per heavy atom. The van der Waals surface area contributed by atoms with Crippen LogP contribution in [0, 0.1) is 5.82 Å². The Kier molecular flexibility index (Phi) is 5.95. The number of urea groups is 1. The highest BCUT2D eigenvalue weighted by atomic mass is 19.1. The van der Waals surface area contributed by atoms with Crippen LogP contribution in [0.25, 0.3) is 0 Å². The number of benzene rings is 1. The van der Waals surface area contributed by atoms with Crippen molar-refractivity contribution in [2.75, 3.05) is 0 Å². The topological polar surface area (TPSA) is 83.4 Å². The van der Waals surface area contributed by atoms with Crippen molar-refractivity contribution < 1.29 is 18.4 Å². The maximum atomic E-state index is 12.9. The summed E-state index contributed by atoms with van der Waals surface area (Å²) in [5, 5.41) is 7.92. The van der Waals surface area contributed by atoms with Crippen molar-refractivity contribution in [1.82, 2.24) is 16.0 Å². The molecule has 0 bridgehead atoms. The van der Waals surface area contributed by atoms with Gasteiger partial charge >= 0.3 is 6.03 Å². The smallest absolute Gasteiger partial charge is 0.315 e. The quantitative estimate of drug-likeness (QED) is 0.759. The Balaban J connectivity index is 1.77. The number of hydrogen-bond acceptors (Lipinski definition) is 3. The minimum atomic E-state index is -0.708. The average molecular weight is 333 g/mol. The molecular weight excluding hydrogens is 313 g/mol. The molecule has 1 aromatic carbocycles. The first-order chi connectivity index (χ1) is 11.5. The van der Waals surface area contributed by atoms with Crippen LogP contribution >= 0.6 is 0 Å². The first-order valence-electron chi connectivity index (χ1n) is 7.58. The molecule has 0 aliphatic carbocycles. The third-order valence-corrected chi connectivity index (χ3v) is 3.48. The molecule has 128 valence electrons. The van der Waals surface area contributed by atoms with E-state index in [0.717, 1.165) is 5.56 Å². The summed E-state index contributed by atoms with van der Waals surface area (Å²) in [6.07, 6.45) is 1.52. The summed E-state index contributed by atoms with van der Waals surface area (Å²) in [7, 11) is 0. The fourth-order valence-electron chi connectivity index (χ4n) is 2.08. The van der Waals surface area contributed by atoms with Gasteiger partial charge in [0.2, 0.25) is 5.91 Å². The number of nitrogens with one attached hydrogen (secondary N) is 3. The van der Waals surface area contributed by atoms with Crippen molar-refractivity contribution in [3.8, 4) is 0 Å². The molecule has 0 unspecified atom stereocenters. The number of carbonyl (C=O) groups is 2. The van der Waals surface area contributed by atoms with Crippen LogP contribution in [0.15, 0.2) is 47.1 Å². The Labute approximate surface area is 139 Å². The van der Waals surface area contributed by atoms with Crippen molar-refractivity contribution in [2.45, 2.75) is 32.5 Å². The Bertz CT molecular complexity index is 671. The number of hydrogen-bond donors (Lipinski definition) is 3. The Morgan fingerprint density at radius 3 is 2.46 bits per heavy atom. The molecule has 0 radical (unpaired) electrons. The van der Waals surface area contributed by atoms with Crippen LogP contribution in [-0.2, 0) is 11.3 Å². The van der Waals surface area contributed by atoms with Crippen molar-refractivity contribution >= 4 is 11.9 Å². The molecule has 2 rings (SSSR count). The van der Waals surface area contributed by atoms with Crippen LogP contribution in [0.2, 0.25) is 0 Å². The van der Waals surface area contributed by atoms with Gasteiger partial charge in [0.1, 0.15) is 17.6 Å². The second kappa shape index (κ2) is 8.14. The summed E-state index contributed by atoms with van der Waals surface area (Å²) in [6, 6.07) is 7.83. The van der Waals surface area contributed by atoms with E-state index in [1.54, 1.807) is 38.1 Å². The molecule has 0 aliphatic rings. The zero-order valence-corrected chi connectivity index (χ0v) is 13.5. The summed E-state index contributed by atoms with van der Waals surface area (Å²) in [5.74, 6) is -0.0295. The monoisotopic (exact) mass is 333 g/mol. The predicted octanol–water partition coefficient (Wildman–Crippen LogP) is 2.48. The van der Waals surface area contributed by atoms with Crippen LogP contribution in [-0.4, -0.2) is 18.0 Å². The molecule has 0 saturated carbocycles. The van der Waals surface area contributed by atoms with Crippen molar-refractivity contribution in [2.24, 2.45) is 0 Å². The second-order valence-electron chi connectivity index (χ2n) is 5.41. The van der Waals surface area contributed by atoms with Gasteiger partial charge in [-0.15, -0.1) is 0 Å². The molecule has 2 aromatic rings. The summed E-state index contributed by atoms with van der Waals surface area (Å²) in [6.45, 7) is 3.61. The third kappa shape index (κ3) is 5.12. The van der Waals surface area contributed by atoms with E-state index in [9.17, 15) is 14.0 Å². The summed E-state index contributed by atoms with van der Waals surface area (Å²) in [5.41, 5.74) is 0.765. The first-order valence-corrected chi connectivity index (χ1v) is 7.58. The maximum Gasteiger partial charge on any atom is 0.315 e. The SMILES string of the molecule is C[C@H](NC(=O)N[C@@H](C)c1ccc(F)cc1)C(=O)NCc1ccco1. The van der Waals surface area contributed by atoms with Crippen LogP contribution in [0.5, 0.6) is 0 Å². The number of amides is 3. The van der Waals surface area contributed by atoms with Gasteiger partial charge in [0.05, 0.1) is 18.8 Å². The molecule has 0 spiro atoms. The van der Waals surface area contributed by atoms with Crippen LogP contribution in [0.1, 0.15) is 31.2 Å². The van der Waals surface area contributed by atoms with E-state index in [4.69, 9.17) is 4.42 Å². The van der Waals surface area contributed by atoms with Gasteiger partial charge < -0.3 is 20.4 Å². The van der Waals surface area contributed by atoms with E-state index in [2.05, 4.69) is 16.0 Å². The summed E-state index contributed by atoms with van der Waals surface area (Å²) < 4.78 is 18.0. The zero-order chi connectivity index (χ0) is 17.5. The molecule has 0 fully saturated rings. The second-order valence-corrected chi connectivity index (χ2v) is 5.41. The molecule has 3 N–H and O–H groups in total.